The maximum atomic E-state index is 12.4. The van der Waals surface area contributed by atoms with Crippen LogP contribution in [-0.2, 0) is 19.4 Å². The summed E-state index contributed by atoms with van der Waals surface area (Å²) in [6.07, 6.45) is 2.30. The third-order valence-electron chi connectivity index (χ3n) is 3.67. The summed E-state index contributed by atoms with van der Waals surface area (Å²) in [6.45, 7) is 0.474. The van der Waals surface area contributed by atoms with Crippen LogP contribution in [0.1, 0.15) is 19.3 Å². The summed E-state index contributed by atoms with van der Waals surface area (Å²) >= 11 is 5.80. The second kappa shape index (κ2) is 7.31. The zero-order chi connectivity index (χ0) is 17.0. The van der Waals surface area contributed by atoms with Crippen molar-refractivity contribution in [1.29, 1.82) is 0 Å². The van der Waals surface area contributed by atoms with Gasteiger partial charge < -0.3 is 10.2 Å². The minimum Gasteiger partial charge on any atom is -0.331 e. The van der Waals surface area contributed by atoms with Crippen LogP contribution in [0.2, 0.25) is 5.02 Å². The van der Waals surface area contributed by atoms with Gasteiger partial charge in [0.2, 0.25) is 11.8 Å². The number of carbonyl (C=O) groups excluding carboxylic acids is 2. The molecule has 0 radical (unpaired) electrons. The quantitative estimate of drug-likeness (QED) is 0.868. The number of sulfone groups is 1. The Balaban J connectivity index is 1.98. The minimum atomic E-state index is -3.20. The van der Waals surface area contributed by atoms with Crippen LogP contribution in [0, 0.1) is 0 Å². The molecule has 1 atom stereocenters. The molecular formula is C15H19ClN2O4S. The molecule has 0 spiro atoms. The number of likely N-dealkylation sites (tertiary alicyclic amines) is 1. The van der Waals surface area contributed by atoms with Gasteiger partial charge in [0, 0.05) is 29.9 Å². The lowest BCUT2D eigenvalue weighted by molar-refractivity contribution is -0.136. The van der Waals surface area contributed by atoms with Crippen molar-refractivity contribution in [3.8, 4) is 0 Å². The lowest BCUT2D eigenvalue weighted by atomic mass is 10.2. The molecule has 1 aliphatic rings. The van der Waals surface area contributed by atoms with Gasteiger partial charge in [-0.05, 0) is 37.1 Å². The fourth-order valence-corrected chi connectivity index (χ4v) is 3.18. The van der Waals surface area contributed by atoms with E-state index < -0.39 is 15.9 Å². The Morgan fingerprint density at radius 2 is 1.96 bits per heavy atom. The molecule has 0 saturated carbocycles. The number of amides is 2. The fourth-order valence-electron chi connectivity index (χ4n) is 2.51. The third-order valence-corrected chi connectivity index (χ3v) is 4.87. The van der Waals surface area contributed by atoms with E-state index in [4.69, 9.17) is 11.6 Å². The molecule has 1 heterocycles. The van der Waals surface area contributed by atoms with Crippen LogP contribution in [0.25, 0.3) is 0 Å². The van der Waals surface area contributed by atoms with E-state index in [9.17, 15) is 18.0 Å². The van der Waals surface area contributed by atoms with Gasteiger partial charge in [-0.1, -0.05) is 11.6 Å². The molecule has 23 heavy (non-hydrogen) atoms. The molecule has 1 aromatic carbocycles. The summed E-state index contributed by atoms with van der Waals surface area (Å²) in [5, 5.41) is 3.33. The van der Waals surface area contributed by atoms with Gasteiger partial charge in [-0.25, -0.2) is 8.42 Å². The van der Waals surface area contributed by atoms with Gasteiger partial charge in [-0.2, -0.15) is 0 Å². The standard InChI is InChI=1S/C15H19ClN2O4S/c1-23(21,22)10-8-14(19)18-9-2-3-13(18)15(20)17-12-6-4-11(16)5-7-12/h4-7,13H,2-3,8-10H2,1H3,(H,17,20). The molecule has 1 aromatic rings. The van der Waals surface area contributed by atoms with Crippen LogP contribution in [0.3, 0.4) is 0 Å². The second-order valence-corrected chi connectivity index (χ2v) is 8.32. The first-order valence-electron chi connectivity index (χ1n) is 7.30. The van der Waals surface area contributed by atoms with Crippen molar-refractivity contribution >= 4 is 38.9 Å². The van der Waals surface area contributed by atoms with Gasteiger partial charge in [0.1, 0.15) is 15.9 Å². The predicted octanol–water partition coefficient (Wildman–Crippen LogP) is 1.70. The molecule has 1 fully saturated rings. The number of hydrogen-bond donors (Lipinski definition) is 1. The molecule has 8 heteroatoms. The molecule has 1 unspecified atom stereocenters. The Hall–Kier alpha value is -1.60. The zero-order valence-corrected chi connectivity index (χ0v) is 14.4. The average molecular weight is 359 g/mol. The molecule has 126 valence electrons. The maximum Gasteiger partial charge on any atom is 0.247 e. The van der Waals surface area contributed by atoms with Crippen LogP contribution < -0.4 is 5.32 Å². The molecule has 1 aliphatic heterocycles. The van der Waals surface area contributed by atoms with Crippen molar-refractivity contribution in [2.24, 2.45) is 0 Å². The van der Waals surface area contributed by atoms with Gasteiger partial charge in [-0.15, -0.1) is 0 Å². The number of benzene rings is 1. The molecule has 0 aliphatic carbocycles. The highest BCUT2D eigenvalue weighted by Crippen LogP contribution is 2.21. The topological polar surface area (TPSA) is 83.6 Å². The van der Waals surface area contributed by atoms with Gasteiger partial charge in [0.05, 0.1) is 5.75 Å². The lowest BCUT2D eigenvalue weighted by Crippen LogP contribution is -2.43. The van der Waals surface area contributed by atoms with E-state index in [0.29, 0.717) is 23.7 Å². The van der Waals surface area contributed by atoms with E-state index in [0.717, 1.165) is 12.7 Å². The first kappa shape index (κ1) is 17.7. The first-order chi connectivity index (χ1) is 10.8. The van der Waals surface area contributed by atoms with E-state index in [2.05, 4.69) is 5.32 Å². The summed E-state index contributed by atoms with van der Waals surface area (Å²) < 4.78 is 22.3. The summed E-state index contributed by atoms with van der Waals surface area (Å²) in [4.78, 5) is 26.0. The van der Waals surface area contributed by atoms with E-state index in [1.54, 1.807) is 24.3 Å². The lowest BCUT2D eigenvalue weighted by Gasteiger charge is -2.24. The molecule has 0 bridgehead atoms. The highest BCUT2D eigenvalue weighted by Gasteiger charge is 2.34. The minimum absolute atomic E-state index is 0.0937. The summed E-state index contributed by atoms with van der Waals surface area (Å²) in [5.74, 6) is -0.768. The second-order valence-electron chi connectivity index (χ2n) is 5.62. The number of nitrogens with zero attached hydrogens (tertiary/aromatic N) is 1. The Bertz CT molecular complexity index is 688. The summed E-state index contributed by atoms with van der Waals surface area (Å²) in [7, 11) is -3.20. The Morgan fingerprint density at radius 3 is 2.57 bits per heavy atom. The van der Waals surface area contributed by atoms with Crippen LogP contribution in [0.15, 0.2) is 24.3 Å². The predicted molar refractivity (Wildman–Crippen MR) is 89.1 cm³/mol. The fraction of sp³-hybridized carbons (Fsp3) is 0.467. The normalized spacial score (nSPS) is 18.0. The van der Waals surface area contributed by atoms with Crippen molar-refractivity contribution in [1.82, 2.24) is 4.90 Å². The van der Waals surface area contributed by atoms with Crippen LogP contribution in [-0.4, -0.2) is 49.7 Å². The van der Waals surface area contributed by atoms with E-state index >= 15 is 0 Å². The van der Waals surface area contributed by atoms with Crippen molar-refractivity contribution in [2.75, 3.05) is 23.9 Å². The molecule has 2 rings (SSSR count). The third kappa shape index (κ3) is 5.21. The Kier molecular flexibility index (Phi) is 5.64. The number of rotatable bonds is 5. The highest BCUT2D eigenvalue weighted by molar-refractivity contribution is 7.90. The van der Waals surface area contributed by atoms with E-state index in [1.807, 2.05) is 0 Å². The number of carbonyl (C=O) groups is 2. The van der Waals surface area contributed by atoms with E-state index in [-0.39, 0.29) is 24.0 Å². The first-order valence-corrected chi connectivity index (χ1v) is 9.74. The number of hydrogen-bond acceptors (Lipinski definition) is 4. The summed E-state index contributed by atoms with van der Waals surface area (Å²) in [6, 6.07) is 6.15. The van der Waals surface area contributed by atoms with Gasteiger partial charge >= 0.3 is 0 Å². The molecule has 2 amide bonds. The average Bonchev–Trinajstić information content (AvgIpc) is 2.96. The Morgan fingerprint density at radius 1 is 1.30 bits per heavy atom. The van der Waals surface area contributed by atoms with Crippen LogP contribution in [0.5, 0.6) is 0 Å². The van der Waals surface area contributed by atoms with Gasteiger partial charge in [0.15, 0.2) is 0 Å². The van der Waals surface area contributed by atoms with E-state index in [1.165, 1.54) is 4.90 Å². The molecular weight excluding hydrogens is 340 g/mol. The van der Waals surface area contributed by atoms with Gasteiger partial charge in [0.25, 0.3) is 0 Å². The molecule has 1 saturated heterocycles. The van der Waals surface area contributed by atoms with Crippen molar-refractivity contribution < 1.29 is 18.0 Å². The SMILES string of the molecule is CS(=O)(=O)CCC(=O)N1CCCC1C(=O)Nc1ccc(Cl)cc1. The number of anilines is 1. The molecule has 6 nitrogen and oxygen atoms in total. The number of halogens is 1. The monoisotopic (exact) mass is 358 g/mol. The van der Waals surface area contributed by atoms with Gasteiger partial charge in [-0.3, -0.25) is 9.59 Å². The zero-order valence-electron chi connectivity index (χ0n) is 12.8. The largest absolute Gasteiger partial charge is 0.331 e. The van der Waals surface area contributed by atoms with Crippen LogP contribution in [0.4, 0.5) is 5.69 Å². The Labute approximate surface area is 140 Å². The van der Waals surface area contributed by atoms with Crippen molar-refractivity contribution in [3.05, 3.63) is 29.3 Å². The van der Waals surface area contributed by atoms with Crippen molar-refractivity contribution in [2.45, 2.75) is 25.3 Å². The van der Waals surface area contributed by atoms with Crippen molar-refractivity contribution in [3.63, 3.8) is 0 Å². The molecule has 0 aromatic heterocycles. The number of nitrogens with one attached hydrogen (secondary N) is 1. The van der Waals surface area contributed by atoms with Crippen LogP contribution >= 0.6 is 11.6 Å². The summed E-state index contributed by atoms with van der Waals surface area (Å²) in [5.41, 5.74) is 0.606. The highest BCUT2D eigenvalue weighted by atomic mass is 35.5. The smallest absolute Gasteiger partial charge is 0.247 e. The maximum absolute atomic E-state index is 12.4. The molecule has 1 N–H and O–H groups in total.